The van der Waals surface area contributed by atoms with Crippen molar-refractivity contribution in [3.63, 3.8) is 0 Å². The zero-order valence-corrected chi connectivity index (χ0v) is 14.1. The minimum atomic E-state index is 0.363. The Hall–Kier alpha value is -1.31. The summed E-state index contributed by atoms with van der Waals surface area (Å²) in [6.07, 6.45) is 1.29. The van der Waals surface area contributed by atoms with Gasteiger partial charge in [0.2, 0.25) is 5.95 Å². The van der Waals surface area contributed by atoms with Crippen molar-refractivity contribution in [2.75, 3.05) is 37.3 Å². The Morgan fingerprint density at radius 3 is 3.05 bits per heavy atom. The first-order chi connectivity index (χ1) is 10.7. The van der Waals surface area contributed by atoms with E-state index in [4.69, 9.17) is 5.73 Å². The summed E-state index contributed by atoms with van der Waals surface area (Å²) in [5.74, 6) is 2.09. The Labute approximate surface area is 138 Å². The van der Waals surface area contributed by atoms with Crippen molar-refractivity contribution >= 4 is 34.9 Å². The summed E-state index contributed by atoms with van der Waals surface area (Å²) in [5, 5.41) is 3.00. The molecule has 2 atom stereocenters. The molecule has 0 radical (unpaired) electrons. The number of hydrogen-bond acceptors (Lipinski definition) is 7. The molecular formula is C15H19N5S2. The molecule has 0 amide bonds. The lowest BCUT2D eigenvalue weighted by molar-refractivity contribution is 0.310. The number of fused-ring (bicyclic) bond motifs is 1. The van der Waals surface area contributed by atoms with E-state index in [0.717, 1.165) is 29.9 Å². The summed E-state index contributed by atoms with van der Waals surface area (Å²) >= 11 is 3.37. The minimum absolute atomic E-state index is 0.363. The number of likely N-dealkylation sites (tertiary alicyclic amines) is 1. The molecule has 0 saturated carbocycles. The molecule has 0 bridgehead atoms. The van der Waals surface area contributed by atoms with Crippen LogP contribution in [0.25, 0.3) is 0 Å². The Balaban J connectivity index is 1.56. The monoisotopic (exact) mass is 333 g/mol. The first kappa shape index (κ1) is 14.3. The maximum atomic E-state index is 5.93. The molecule has 2 aromatic rings. The minimum Gasteiger partial charge on any atom is -0.368 e. The Morgan fingerprint density at radius 1 is 1.36 bits per heavy atom. The fourth-order valence-electron chi connectivity index (χ4n) is 3.43. The van der Waals surface area contributed by atoms with Gasteiger partial charge in [0, 0.05) is 25.2 Å². The molecule has 4 rings (SSSR count). The molecule has 4 heterocycles. The van der Waals surface area contributed by atoms with E-state index in [2.05, 4.69) is 50.4 Å². The van der Waals surface area contributed by atoms with Gasteiger partial charge in [-0.3, -0.25) is 0 Å². The van der Waals surface area contributed by atoms with Crippen molar-refractivity contribution in [3.05, 3.63) is 23.6 Å². The van der Waals surface area contributed by atoms with Crippen LogP contribution in [-0.2, 0) is 0 Å². The molecule has 2 aliphatic rings. The second-order valence-corrected chi connectivity index (χ2v) is 8.23. The summed E-state index contributed by atoms with van der Waals surface area (Å²) in [5.41, 5.74) is 5.93. The van der Waals surface area contributed by atoms with Crippen molar-refractivity contribution in [1.29, 1.82) is 0 Å². The quantitative estimate of drug-likeness (QED) is 0.871. The van der Waals surface area contributed by atoms with Gasteiger partial charge in [-0.25, -0.2) is 4.98 Å². The van der Waals surface area contributed by atoms with Crippen LogP contribution in [0, 0.1) is 5.92 Å². The lowest BCUT2D eigenvalue weighted by Gasteiger charge is -2.21. The molecule has 2 N–H and O–H groups in total. The molecule has 0 aromatic carbocycles. The van der Waals surface area contributed by atoms with Gasteiger partial charge in [-0.15, -0.1) is 11.3 Å². The molecule has 2 fully saturated rings. The zero-order valence-electron chi connectivity index (χ0n) is 12.5. The highest BCUT2D eigenvalue weighted by Crippen LogP contribution is 2.35. The van der Waals surface area contributed by atoms with Crippen molar-refractivity contribution in [2.45, 2.75) is 21.7 Å². The second-order valence-electron chi connectivity index (χ2n) is 5.96. The number of aromatic nitrogens is 2. The maximum absolute atomic E-state index is 5.93. The van der Waals surface area contributed by atoms with E-state index in [1.807, 2.05) is 0 Å². The first-order valence-corrected chi connectivity index (χ1v) is 9.20. The van der Waals surface area contributed by atoms with Crippen molar-refractivity contribution in [2.24, 2.45) is 5.92 Å². The smallest absolute Gasteiger partial charge is 0.223 e. The Morgan fingerprint density at radius 2 is 2.27 bits per heavy atom. The van der Waals surface area contributed by atoms with Crippen LogP contribution in [0.1, 0.15) is 6.42 Å². The third kappa shape index (κ3) is 2.68. The predicted octanol–water partition coefficient (Wildman–Crippen LogP) is 2.41. The van der Waals surface area contributed by atoms with Gasteiger partial charge in [0.05, 0.1) is 4.21 Å². The van der Waals surface area contributed by atoms with Crippen LogP contribution in [0.15, 0.2) is 32.8 Å². The predicted molar refractivity (Wildman–Crippen MR) is 91.6 cm³/mol. The standard InChI is InChI=1S/C15H19N5S2/c1-19-5-4-10-8-20(9-11(10)19)12-7-13(18-15(16)17-12)22-14-3-2-6-21-14/h2-3,6-7,10-11H,4-5,8-9H2,1H3,(H2,16,17,18)/t10-,11+/m1/s1. The highest BCUT2D eigenvalue weighted by atomic mass is 32.2. The number of rotatable bonds is 3. The van der Waals surface area contributed by atoms with E-state index < -0.39 is 0 Å². The second kappa shape index (κ2) is 5.72. The molecule has 7 heteroatoms. The molecule has 2 aromatic heterocycles. The van der Waals surface area contributed by atoms with Gasteiger partial charge >= 0.3 is 0 Å². The molecule has 5 nitrogen and oxygen atoms in total. The lowest BCUT2D eigenvalue weighted by Crippen LogP contribution is -2.32. The van der Waals surface area contributed by atoms with Crippen LogP contribution < -0.4 is 10.6 Å². The average molecular weight is 333 g/mol. The number of nitrogens with two attached hydrogens (primary N) is 1. The van der Waals surface area contributed by atoms with Gasteiger partial charge in [-0.2, -0.15) is 4.98 Å². The average Bonchev–Trinajstić information content (AvgIpc) is 3.18. The van der Waals surface area contributed by atoms with E-state index in [1.54, 1.807) is 23.1 Å². The summed E-state index contributed by atoms with van der Waals surface area (Å²) < 4.78 is 1.22. The SMILES string of the molecule is CN1CC[C@@H]2CN(c3cc(Sc4cccs4)nc(N)n3)C[C@@H]21. The van der Waals surface area contributed by atoms with E-state index in [-0.39, 0.29) is 0 Å². The van der Waals surface area contributed by atoms with E-state index in [0.29, 0.717) is 12.0 Å². The molecule has 116 valence electrons. The molecule has 22 heavy (non-hydrogen) atoms. The first-order valence-electron chi connectivity index (χ1n) is 7.50. The normalized spacial score (nSPS) is 24.9. The van der Waals surface area contributed by atoms with Crippen LogP contribution in [0.2, 0.25) is 0 Å². The Kier molecular flexibility index (Phi) is 3.71. The molecule has 2 aliphatic heterocycles. The van der Waals surface area contributed by atoms with Crippen molar-refractivity contribution in [3.8, 4) is 0 Å². The molecule has 0 aliphatic carbocycles. The third-order valence-electron chi connectivity index (χ3n) is 4.56. The van der Waals surface area contributed by atoms with E-state index in [9.17, 15) is 0 Å². The van der Waals surface area contributed by atoms with Crippen LogP contribution in [0.4, 0.5) is 11.8 Å². The van der Waals surface area contributed by atoms with Gasteiger partial charge in [-0.05, 0) is 37.4 Å². The van der Waals surface area contributed by atoms with Gasteiger partial charge in [0.1, 0.15) is 10.8 Å². The van der Waals surface area contributed by atoms with Gasteiger partial charge in [-0.1, -0.05) is 17.8 Å². The van der Waals surface area contributed by atoms with Gasteiger partial charge in [0.25, 0.3) is 0 Å². The lowest BCUT2D eigenvalue weighted by atomic mass is 10.1. The fraction of sp³-hybridized carbons (Fsp3) is 0.467. The van der Waals surface area contributed by atoms with Gasteiger partial charge in [0.15, 0.2) is 0 Å². The number of anilines is 2. The zero-order chi connectivity index (χ0) is 15.1. The van der Waals surface area contributed by atoms with Crippen LogP contribution in [-0.4, -0.2) is 47.6 Å². The molecule has 2 saturated heterocycles. The van der Waals surface area contributed by atoms with Crippen LogP contribution in [0.5, 0.6) is 0 Å². The highest BCUT2D eigenvalue weighted by molar-refractivity contribution is 8.01. The summed E-state index contributed by atoms with van der Waals surface area (Å²) in [4.78, 5) is 13.7. The largest absolute Gasteiger partial charge is 0.368 e. The number of hydrogen-bond donors (Lipinski definition) is 1. The maximum Gasteiger partial charge on any atom is 0.223 e. The van der Waals surface area contributed by atoms with Crippen molar-refractivity contribution in [1.82, 2.24) is 14.9 Å². The van der Waals surface area contributed by atoms with Crippen molar-refractivity contribution < 1.29 is 0 Å². The van der Waals surface area contributed by atoms with E-state index in [1.165, 1.54) is 17.2 Å². The summed E-state index contributed by atoms with van der Waals surface area (Å²) in [6.45, 7) is 3.34. The summed E-state index contributed by atoms with van der Waals surface area (Å²) in [6, 6.07) is 6.88. The number of likely N-dealkylation sites (N-methyl/N-ethyl adjacent to an activating group) is 1. The molecular weight excluding hydrogens is 314 g/mol. The molecule has 0 spiro atoms. The van der Waals surface area contributed by atoms with E-state index >= 15 is 0 Å². The Bertz CT molecular complexity index is 660. The highest BCUT2D eigenvalue weighted by Gasteiger charge is 2.40. The number of thiophene rings is 1. The van der Waals surface area contributed by atoms with Crippen LogP contribution in [0.3, 0.4) is 0 Å². The topological polar surface area (TPSA) is 58.3 Å². The number of nitrogen functional groups attached to an aromatic ring is 1. The summed E-state index contributed by atoms with van der Waals surface area (Å²) in [7, 11) is 2.22. The molecule has 0 unspecified atom stereocenters. The van der Waals surface area contributed by atoms with Gasteiger partial charge < -0.3 is 15.5 Å². The van der Waals surface area contributed by atoms with Crippen LogP contribution >= 0.6 is 23.1 Å². The fourth-order valence-corrected chi connectivity index (χ4v) is 5.15. The third-order valence-corrected chi connectivity index (χ3v) is 6.51. The number of nitrogens with zero attached hydrogens (tertiary/aromatic N) is 4.